The Labute approximate surface area is 70.8 Å². The Hall–Kier alpha value is 0.497. The Kier molecular flexibility index (Phi) is 4.71. The molecule has 0 rings (SSSR count). The molecule has 0 radical (unpaired) electrons. The summed E-state index contributed by atoms with van der Waals surface area (Å²) >= 11 is 0. The van der Waals surface area contributed by atoms with E-state index in [1.165, 1.54) is 0 Å². The average Bonchev–Trinajstić information content (AvgIpc) is 1.85. The first-order valence-electron chi connectivity index (χ1n) is 3.72. The van der Waals surface area contributed by atoms with Crippen molar-refractivity contribution in [2.75, 3.05) is 13.7 Å². The number of hydrogen-bond donors (Lipinski definition) is 0. The first-order chi connectivity index (χ1) is 4.89. The molecule has 2 nitrogen and oxygen atoms in total. The zero-order valence-electron chi connectivity index (χ0n) is 7.89. The van der Waals surface area contributed by atoms with Gasteiger partial charge in [-0.25, -0.2) is 0 Å². The van der Waals surface area contributed by atoms with E-state index in [1.54, 1.807) is 11.4 Å². The summed E-state index contributed by atoms with van der Waals surface area (Å²) in [5.41, 5.74) is 0. The van der Waals surface area contributed by atoms with Crippen molar-refractivity contribution in [2.24, 2.45) is 0 Å². The van der Waals surface area contributed by atoms with E-state index in [9.17, 15) is 4.20 Å². The summed E-state index contributed by atoms with van der Waals surface area (Å²) in [6.45, 7) is 8.56. The standard InChI is InChI=1S/C6H17FNOPSi/c1-6-9-10(7)8(2)11(3,4)5/h6H2,1-5H3. The molecule has 11 heavy (non-hydrogen) atoms. The highest BCUT2D eigenvalue weighted by molar-refractivity contribution is 7.46. The summed E-state index contributed by atoms with van der Waals surface area (Å²) in [6, 6.07) is 0. The zero-order valence-corrected chi connectivity index (χ0v) is 9.78. The fraction of sp³-hybridized carbons (Fsp3) is 1.00. The van der Waals surface area contributed by atoms with Crippen molar-refractivity contribution < 1.29 is 8.72 Å². The van der Waals surface area contributed by atoms with E-state index < -0.39 is 16.8 Å². The van der Waals surface area contributed by atoms with E-state index in [-0.39, 0.29) is 0 Å². The van der Waals surface area contributed by atoms with Gasteiger partial charge in [0.25, 0.3) is 8.61 Å². The maximum Gasteiger partial charge on any atom is 0.296 e. The highest BCUT2D eigenvalue weighted by Gasteiger charge is 2.28. The van der Waals surface area contributed by atoms with Crippen LogP contribution in [0.5, 0.6) is 0 Å². The number of halogens is 1. The summed E-state index contributed by atoms with van der Waals surface area (Å²) in [7, 11) is -1.53. The minimum atomic E-state index is -1.83. The lowest BCUT2D eigenvalue weighted by Gasteiger charge is -2.30. The summed E-state index contributed by atoms with van der Waals surface area (Å²) in [6.07, 6.45) is 0. The van der Waals surface area contributed by atoms with Crippen LogP contribution in [0.25, 0.3) is 0 Å². The van der Waals surface area contributed by atoms with E-state index in [1.807, 2.05) is 6.92 Å². The summed E-state index contributed by atoms with van der Waals surface area (Å²) in [5, 5.41) is 0. The predicted molar refractivity (Wildman–Crippen MR) is 50.8 cm³/mol. The third-order valence-corrected chi connectivity index (χ3v) is 6.60. The summed E-state index contributed by atoms with van der Waals surface area (Å²) in [4.78, 5) is 0. The third-order valence-electron chi connectivity index (χ3n) is 1.44. The molecule has 0 bridgehead atoms. The average molecular weight is 197 g/mol. The van der Waals surface area contributed by atoms with Crippen LogP contribution in [0, 0.1) is 0 Å². The van der Waals surface area contributed by atoms with Crippen LogP contribution in [0.4, 0.5) is 4.20 Å². The van der Waals surface area contributed by atoms with Crippen LogP contribution in [0.1, 0.15) is 6.92 Å². The highest BCUT2D eigenvalue weighted by Crippen LogP contribution is 2.44. The molecule has 0 saturated heterocycles. The van der Waals surface area contributed by atoms with Gasteiger partial charge < -0.3 is 4.52 Å². The van der Waals surface area contributed by atoms with Gasteiger partial charge in [-0.3, -0.25) is 4.34 Å². The van der Waals surface area contributed by atoms with Gasteiger partial charge in [-0.2, -0.15) is 4.20 Å². The van der Waals surface area contributed by atoms with Gasteiger partial charge in [0.15, 0.2) is 0 Å². The van der Waals surface area contributed by atoms with Gasteiger partial charge in [-0.1, -0.05) is 19.6 Å². The first-order valence-corrected chi connectivity index (χ1v) is 8.27. The molecule has 0 fully saturated rings. The molecular formula is C6H17FNOPSi. The number of nitrogens with zero attached hydrogens (tertiary/aromatic N) is 1. The smallest absolute Gasteiger partial charge is 0.296 e. The maximum absolute atomic E-state index is 13.1. The van der Waals surface area contributed by atoms with Crippen LogP contribution in [0.3, 0.4) is 0 Å². The molecule has 0 aliphatic heterocycles. The monoisotopic (exact) mass is 197 g/mol. The second-order valence-corrected chi connectivity index (χ2v) is 10.0. The van der Waals surface area contributed by atoms with Gasteiger partial charge in [-0.15, -0.1) is 0 Å². The molecule has 0 saturated carbocycles. The quantitative estimate of drug-likeness (QED) is 0.507. The molecule has 0 aromatic rings. The number of hydrogen-bond acceptors (Lipinski definition) is 2. The molecule has 0 spiro atoms. The fourth-order valence-corrected chi connectivity index (χ4v) is 2.88. The van der Waals surface area contributed by atoms with Crippen molar-refractivity contribution in [2.45, 2.75) is 26.6 Å². The van der Waals surface area contributed by atoms with E-state index in [0.717, 1.165) is 0 Å². The maximum atomic E-state index is 13.1. The predicted octanol–water partition coefficient (Wildman–Crippen LogP) is 2.99. The molecule has 5 heteroatoms. The van der Waals surface area contributed by atoms with Crippen LogP contribution in [-0.2, 0) is 4.52 Å². The minimum absolute atomic E-state index is 0.455. The van der Waals surface area contributed by atoms with Crippen molar-refractivity contribution in [3.63, 3.8) is 0 Å². The zero-order chi connectivity index (χ0) is 9.07. The molecule has 0 aliphatic rings. The van der Waals surface area contributed by atoms with Gasteiger partial charge in [-0.05, 0) is 14.0 Å². The molecule has 68 valence electrons. The van der Waals surface area contributed by atoms with Crippen LogP contribution in [0.2, 0.25) is 19.6 Å². The van der Waals surface area contributed by atoms with Crippen molar-refractivity contribution in [1.29, 1.82) is 0 Å². The molecule has 0 N–H and O–H groups in total. The number of rotatable bonds is 4. The highest BCUT2D eigenvalue weighted by atomic mass is 31.2. The lowest BCUT2D eigenvalue weighted by molar-refractivity contribution is 0.333. The molecule has 1 unspecified atom stereocenters. The Balaban J connectivity index is 3.91. The van der Waals surface area contributed by atoms with Crippen molar-refractivity contribution >= 4 is 16.8 Å². The van der Waals surface area contributed by atoms with E-state index in [4.69, 9.17) is 4.52 Å². The molecule has 1 atom stereocenters. The Morgan fingerprint density at radius 1 is 1.45 bits per heavy atom. The third kappa shape index (κ3) is 4.16. The second-order valence-electron chi connectivity index (χ2n) is 3.34. The van der Waals surface area contributed by atoms with Crippen LogP contribution in [0.15, 0.2) is 0 Å². The Morgan fingerprint density at radius 2 is 1.91 bits per heavy atom. The lowest BCUT2D eigenvalue weighted by Crippen LogP contribution is -2.38. The summed E-state index contributed by atoms with van der Waals surface area (Å²) in [5.74, 6) is 0. The van der Waals surface area contributed by atoms with E-state index in [0.29, 0.717) is 6.61 Å². The normalized spacial score (nSPS) is 15.5. The van der Waals surface area contributed by atoms with E-state index in [2.05, 4.69) is 19.6 Å². The van der Waals surface area contributed by atoms with Crippen LogP contribution < -0.4 is 0 Å². The fourth-order valence-electron chi connectivity index (χ4n) is 0.429. The van der Waals surface area contributed by atoms with Crippen LogP contribution in [-0.4, -0.2) is 26.2 Å². The Morgan fingerprint density at radius 3 is 2.18 bits per heavy atom. The lowest BCUT2D eigenvalue weighted by atomic mass is 10.9. The molecule has 0 aliphatic carbocycles. The minimum Gasteiger partial charge on any atom is -0.319 e. The van der Waals surface area contributed by atoms with Crippen molar-refractivity contribution in [3.05, 3.63) is 0 Å². The van der Waals surface area contributed by atoms with Gasteiger partial charge in [0.2, 0.25) is 0 Å². The van der Waals surface area contributed by atoms with Gasteiger partial charge in [0.1, 0.15) is 8.24 Å². The van der Waals surface area contributed by atoms with Crippen LogP contribution >= 0.6 is 8.61 Å². The molecule has 0 heterocycles. The summed E-state index contributed by atoms with van der Waals surface area (Å²) < 4.78 is 19.7. The van der Waals surface area contributed by atoms with E-state index >= 15 is 0 Å². The molecule has 0 aromatic carbocycles. The SMILES string of the molecule is CCOP(F)N(C)[Si](C)(C)C. The second kappa shape index (κ2) is 4.50. The molecule has 0 aromatic heterocycles. The molecule has 0 amide bonds. The van der Waals surface area contributed by atoms with Crippen molar-refractivity contribution in [3.8, 4) is 0 Å². The first kappa shape index (κ1) is 11.5. The largest absolute Gasteiger partial charge is 0.319 e. The Bertz CT molecular complexity index is 120. The van der Waals surface area contributed by atoms with Gasteiger partial charge >= 0.3 is 0 Å². The molecular weight excluding hydrogens is 180 g/mol. The topological polar surface area (TPSA) is 12.5 Å². The van der Waals surface area contributed by atoms with Gasteiger partial charge in [0, 0.05) is 0 Å². The van der Waals surface area contributed by atoms with Crippen molar-refractivity contribution in [1.82, 2.24) is 4.34 Å². The van der Waals surface area contributed by atoms with Gasteiger partial charge in [0.05, 0.1) is 6.61 Å².